The summed E-state index contributed by atoms with van der Waals surface area (Å²) >= 11 is 6.03. The van der Waals surface area contributed by atoms with E-state index in [1.807, 2.05) is 0 Å². The summed E-state index contributed by atoms with van der Waals surface area (Å²) in [5.74, 6) is -0.101. The number of nitrogens with one attached hydrogen (secondary N) is 1. The van der Waals surface area contributed by atoms with Crippen molar-refractivity contribution in [2.24, 2.45) is 5.73 Å². The largest absolute Gasteiger partial charge is 0.388 e. The SMILES string of the molecule is N=C(N)CCN(Cc1c(F)cccc1Cl)C1CC1. The number of hydrogen-bond donors (Lipinski definition) is 2. The average Bonchev–Trinajstić information content (AvgIpc) is 3.11. The molecule has 0 unspecified atom stereocenters. The van der Waals surface area contributed by atoms with Crippen molar-refractivity contribution in [3.05, 3.63) is 34.6 Å². The lowest BCUT2D eigenvalue weighted by Gasteiger charge is -2.22. The molecular weight excluding hydrogens is 253 g/mol. The topological polar surface area (TPSA) is 53.1 Å². The number of nitrogens with zero attached hydrogens (tertiary/aromatic N) is 1. The molecule has 0 aromatic heterocycles. The lowest BCUT2D eigenvalue weighted by atomic mass is 10.2. The second kappa shape index (κ2) is 5.67. The van der Waals surface area contributed by atoms with Gasteiger partial charge < -0.3 is 5.73 Å². The van der Waals surface area contributed by atoms with Crippen molar-refractivity contribution >= 4 is 17.4 Å². The van der Waals surface area contributed by atoms with Gasteiger partial charge in [0.15, 0.2) is 0 Å². The molecule has 18 heavy (non-hydrogen) atoms. The smallest absolute Gasteiger partial charge is 0.129 e. The highest BCUT2D eigenvalue weighted by atomic mass is 35.5. The van der Waals surface area contributed by atoms with Gasteiger partial charge in [0.25, 0.3) is 0 Å². The van der Waals surface area contributed by atoms with Gasteiger partial charge in [0, 0.05) is 36.1 Å². The number of rotatable bonds is 6. The Morgan fingerprint density at radius 2 is 2.22 bits per heavy atom. The van der Waals surface area contributed by atoms with Crippen LogP contribution in [-0.2, 0) is 6.54 Å². The molecule has 1 aliphatic carbocycles. The third-order valence-corrected chi connectivity index (χ3v) is 3.51. The van der Waals surface area contributed by atoms with Crippen molar-refractivity contribution in [3.63, 3.8) is 0 Å². The molecule has 1 fully saturated rings. The Labute approximate surface area is 111 Å². The standard InChI is InChI=1S/C13H17ClFN3/c14-11-2-1-3-12(15)10(11)8-18(9-4-5-9)7-6-13(16)17/h1-3,9H,4-8H2,(H3,16,17). The van der Waals surface area contributed by atoms with E-state index < -0.39 is 0 Å². The Balaban J connectivity index is 2.06. The van der Waals surface area contributed by atoms with E-state index in [1.165, 1.54) is 6.07 Å². The van der Waals surface area contributed by atoms with Crippen molar-refractivity contribution in [2.75, 3.05) is 6.54 Å². The van der Waals surface area contributed by atoms with Crippen LogP contribution in [0.25, 0.3) is 0 Å². The van der Waals surface area contributed by atoms with Crippen LogP contribution in [0.3, 0.4) is 0 Å². The van der Waals surface area contributed by atoms with Crippen molar-refractivity contribution in [2.45, 2.75) is 31.8 Å². The van der Waals surface area contributed by atoms with Gasteiger partial charge in [0.2, 0.25) is 0 Å². The molecule has 5 heteroatoms. The molecule has 0 saturated heterocycles. The van der Waals surface area contributed by atoms with Crippen LogP contribution in [-0.4, -0.2) is 23.3 Å². The van der Waals surface area contributed by atoms with Crippen molar-refractivity contribution in [1.82, 2.24) is 4.90 Å². The number of benzene rings is 1. The van der Waals surface area contributed by atoms with Gasteiger partial charge in [-0.2, -0.15) is 0 Å². The highest BCUT2D eigenvalue weighted by Gasteiger charge is 2.29. The molecule has 0 bridgehead atoms. The molecular formula is C13H17ClFN3. The molecule has 3 nitrogen and oxygen atoms in total. The number of nitrogens with two attached hydrogens (primary N) is 1. The molecule has 0 heterocycles. The summed E-state index contributed by atoms with van der Waals surface area (Å²) in [6, 6.07) is 5.23. The lowest BCUT2D eigenvalue weighted by Crippen LogP contribution is -2.30. The van der Waals surface area contributed by atoms with Gasteiger partial charge >= 0.3 is 0 Å². The summed E-state index contributed by atoms with van der Waals surface area (Å²) in [6.45, 7) is 1.17. The van der Waals surface area contributed by atoms with Crippen LogP contribution >= 0.6 is 11.6 Å². The average molecular weight is 270 g/mol. The minimum atomic E-state index is -0.268. The van der Waals surface area contributed by atoms with Crippen molar-refractivity contribution in [1.29, 1.82) is 5.41 Å². The summed E-state index contributed by atoms with van der Waals surface area (Å²) in [7, 11) is 0. The fraction of sp³-hybridized carbons (Fsp3) is 0.462. The number of halogens is 2. The molecule has 3 N–H and O–H groups in total. The zero-order valence-corrected chi connectivity index (χ0v) is 10.9. The van der Waals surface area contributed by atoms with E-state index in [2.05, 4.69) is 4.90 Å². The molecule has 0 atom stereocenters. The van der Waals surface area contributed by atoms with Crippen LogP contribution in [0.5, 0.6) is 0 Å². The van der Waals surface area contributed by atoms with E-state index >= 15 is 0 Å². The van der Waals surface area contributed by atoms with E-state index in [0.29, 0.717) is 36.1 Å². The quantitative estimate of drug-likeness (QED) is 0.616. The molecule has 1 aliphatic rings. The minimum Gasteiger partial charge on any atom is -0.388 e. The number of amidine groups is 1. The molecule has 0 aliphatic heterocycles. The summed E-state index contributed by atoms with van der Waals surface area (Å²) in [5, 5.41) is 7.73. The van der Waals surface area contributed by atoms with E-state index in [9.17, 15) is 4.39 Å². The molecule has 1 aromatic rings. The maximum Gasteiger partial charge on any atom is 0.129 e. The summed E-state index contributed by atoms with van der Waals surface area (Å²) in [4.78, 5) is 2.16. The third-order valence-electron chi connectivity index (χ3n) is 3.15. The molecule has 98 valence electrons. The third kappa shape index (κ3) is 3.43. The Hall–Kier alpha value is -1.13. The zero-order chi connectivity index (χ0) is 13.1. The van der Waals surface area contributed by atoms with Crippen LogP contribution in [0, 0.1) is 11.2 Å². The predicted octanol–water partition coefficient (Wildman–Crippen LogP) is 2.77. The molecule has 1 saturated carbocycles. The maximum atomic E-state index is 13.7. The summed E-state index contributed by atoms with van der Waals surface area (Å²) < 4.78 is 13.7. The zero-order valence-electron chi connectivity index (χ0n) is 10.1. The van der Waals surface area contributed by atoms with Gasteiger partial charge in [0.05, 0.1) is 5.84 Å². The number of hydrogen-bond acceptors (Lipinski definition) is 2. The van der Waals surface area contributed by atoms with E-state index in [0.717, 1.165) is 12.8 Å². The first kappa shape index (κ1) is 13.3. The summed E-state index contributed by atoms with van der Waals surface area (Å²) in [5.41, 5.74) is 5.91. The monoisotopic (exact) mass is 269 g/mol. The summed E-state index contributed by atoms with van der Waals surface area (Å²) in [6.07, 6.45) is 2.77. The second-order valence-electron chi connectivity index (χ2n) is 4.68. The second-order valence-corrected chi connectivity index (χ2v) is 5.08. The van der Waals surface area contributed by atoms with Crippen LogP contribution in [0.1, 0.15) is 24.8 Å². The first-order chi connectivity index (χ1) is 8.58. The predicted molar refractivity (Wildman–Crippen MR) is 71.4 cm³/mol. The Morgan fingerprint density at radius 1 is 1.50 bits per heavy atom. The molecule has 1 aromatic carbocycles. The Kier molecular flexibility index (Phi) is 4.19. The van der Waals surface area contributed by atoms with Gasteiger partial charge in [-0.3, -0.25) is 10.3 Å². The van der Waals surface area contributed by atoms with Crippen LogP contribution in [0.15, 0.2) is 18.2 Å². The molecule has 0 radical (unpaired) electrons. The van der Waals surface area contributed by atoms with Crippen molar-refractivity contribution in [3.8, 4) is 0 Å². The molecule has 0 amide bonds. The van der Waals surface area contributed by atoms with Gasteiger partial charge in [-0.1, -0.05) is 17.7 Å². The molecule has 0 spiro atoms. The van der Waals surface area contributed by atoms with Crippen LogP contribution in [0.2, 0.25) is 5.02 Å². The van der Waals surface area contributed by atoms with Crippen LogP contribution < -0.4 is 5.73 Å². The lowest BCUT2D eigenvalue weighted by molar-refractivity contribution is 0.258. The first-order valence-corrected chi connectivity index (χ1v) is 6.45. The normalized spacial score (nSPS) is 15.1. The Morgan fingerprint density at radius 3 is 2.78 bits per heavy atom. The van der Waals surface area contributed by atoms with Gasteiger partial charge in [-0.15, -0.1) is 0 Å². The van der Waals surface area contributed by atoms with E-state index in [4.69, 9.17) is 22.7 Å². The van der Waals surface area contributed by atoms with E-state index in [-0.39, 0.29) is 11.7 Å². The van der Waals surface area contributed by atoms with Crippen molar-refractivity contribution < 1.29 is 4.39 Å². The first-order valence-electron chi connectivity index (χ1n) is 6.07. The minimum absolute atomic E-state index is 0.167. The fourth-order valence-corrected chi connectivity index (χ4v) is 2.20. The Bertz CT molecular complexity index is 426. The fourth-order valence-electron chi connectivity index (χ4n) is 1.98. The van der Waals surface area contributed by atoms with E-state index in [1.54, 1.807) is 12.1 Å². The molecule has 2 rings (SSSR count). The highest BCUT2D eigenvalue weighted by Crippen LogP contribution is 2.30. The van der Waals surface area contributed by atoms with Crippen LogP contribution in [0.4, 0.5) is 4.39 Å². The maximum absolute atomic E-state index is 13.7. The highest BCUT2D eigenvalue weighted by molar-refractivity contribution is 6.31. The van der Waals surface area contributed by atoms with Gasteiger partial charge in [-0.25, -0.2) is 4.39 Å². The van der Waals surface area contributed by atoms with Gasteiger partial charge in [0.1, 0.15) is 5.82 Å². The van der Waals surface area contributed by atoms with Gasteiger partial charge in [-0.05, 0) is 25.0 Å².